The molecular formula is C25H23N3O6. The van der Waals surface area contributed by atoms with Gasteiger partial charge in [-0.15, -0.1) is 0 Å². The van der Waals surface area contributed by atoms with Crippen LogP contribution in [-0.2, 0) is 14.3 Å². The number of hydrogen-bond donors (Lipinski definition) is 0. The van der Waals surface area contributed by atoms with E-state index in [9.17, 15) is 14.4 Å². The molecule has 0 N–H and O–H groups in total. The number of rotatable bonds is 6. The fourth-order valence-electron chi connectivity index (χ4n) is 4.17. The van der Waals surface area contributed by atoms with Gasteiger partial charge in [-0.2, -0.15) is 5.10 Å². The second-order valence-electron chi connectivity index (χ2n) is 8.12. The van der Waals surface area contributed by atoms with Crippen molar-refractivity contribution in [3.05, 3.63) is 78.1 Å². The van der Waals surface area contributed by atoms with E-state index in [0.717, 1.165) is 18.5 Å². The van der Waals surface area contributed by atoms with Crippen molar-refractivity contribution in [3.8, 4) is 0 Å². The number of anilines is 1. The lowest BCUT2D eigenvalue weighted by Gasteiger charge is -2.26. The van der Waals surface area contributed by atoms with Gasteiger partial charge in [0.2, 0.25) is 5.91 Å². The van der Waals surface area contributed by atoms with E-state index >= 15 is 0 Å². The molecule has 4 heterocycles. The number of piperidine rings is 1. The molecule has 1 saturated heterocycles. The fourth-order valence-corrected chi connectivity index (χ4v) is 4.17. The molecular weight excluding hydrogens is 438 g/mol. The lowest BCUT2D eigenvalue weighted by molar-refractivity contribution is -0.136. The van der Waals surface area contributed by atoms with Crippen LogP contribution in [0.1, 0.15) is 53.6 Å². The Bertz CT molecular complexity index is 1200. The Morgan fingerprint density at radius 3 is 2.53 bits per heavy atom. The number of hydrazone groups is 1. The van der Waals surface area contributed by atoms with Crippen molar-refractivity contribution in [2.24, 2.45) is 5.10 Å². The highest BCUT2D eigenvalue weighted by molar-refractivity contribution is 6.01. The Morgan fingerprint density at radius 1 is 1.03 bits per heavy atom. The van der Waals surface area contributed by atoms with Gasteiger partial charge in [-0.05, 0) is 61.4 Å². The van der Waals surface area contributed by atoms with Crippen LogP contribution in [0.5, 0.6) is 0 Å². The van der Waals surface area contributed by atoms with Crippen molar-refractivity contribution >= 4 is 29.2 Å². The normalized spacial score (nSPS) is 18.2. The number of nitrogens with zero attached hydrogens (tertiary/aromatic N) is 3. The van der Waals surface area contributed by atoms with Crippen LogP contribution >= 0.6 is 0 Å². The van der Waals surface area contributed by atoms with Crippen LogP contribution < -0.4 is 4.90 Å². The highest BCUT2D eigenvalue weighted by Crippen LogP contribution is 2.33. The van der Waals surface area contributed by atoms with Crippen molar-refractivity contribution in [1.29, 1.82) is 0 Å². The Balaban J connectivity index is 1.24. The summed E-state index contributed by atoms with van der Waals surface area (Å²) in [5, 5.41) is 5.68. The van der Waals surface area contributed by atoms with E-state index < -0.39 is 24.5 Å². The van der Waals surface area contributed by atoms with Crippen LogP contribution in [-0.4, -0.2) is 41.7 Å². The summed E-state index contributed by atoms with van der Waals surface area (Å²) in [6.45, 7) is 0.196. The summed E-state index contributed by atoms with van der Waals surface area (Å²) in [4.78, 5) is 39.3. The van der Waals surface area contributed by atoms with Gasteiger partial charge in [0.05, 0.1) is 18.1 Å². The molecule has 1 unspecified atom stereocenters. The monoisotopic (exact) mass is 461 g/mol. The Hall–Kier alpha value is -4.14. The summed E-state index contributed by atoms with van der Waals surface area (Å²) in [5.41, 5.74) is 1.65. The number of hydrogen-bond acceptors (Lipinski definition) is 7. The summed E-state index contributed by atoms with van der Waals surface area (Å²) < 4.78 is 16.2. The van der Waals surface area contributed by atoms with Crippen molar-refractivity contribution < 1.29 is 28.0 Å². The van der Waals surface area contributed by atoms with Gasteiger partial charge in [0.25, 0.3) is 5.91 Å². The van der Waals surface area contributed by atoms with Crippen molar-refractivity contribution in [3.63, 3.8) is 0 Å². The lowest BCUT2D eigenvalue weighted by Crippen LogP contribution is -2.35. The molecule has 9 nitrogen and oxygen atoms in total. The van der Waals surface area contributed by atoms with E-state index in [0.29, 0.717) is 42.2 Å². The molecule has 0 bridgehead atoms. The number of carbonyl (C=O) groups excluding carboxylic acids is 3. The maximum absolute atomic E-state index is 12.9. The summed E-state index contributed by atoms with van der Waals surface area (Å²) >= 11 is 0. The standard InChI is InChI=1S/C25H23N3O6/c29-23-7-1-2-12-27(23)18-10-8-17(9-11-18)25(31)34-16-24(30)28-20(22-6-4-14-33-22)15-19(26-28)21-5-3-13-32-21/h3-6,8-11,13-14,20H,1-2,7,12,15-16H2. The van der Waals surface area contributed by atoms with E-state index in [1.54, 1.807) is 59.7 Å². The average molecular weight is 461 g/mol. The van der Waals surface area contributed by atoms with Crippen LogP contribution in [0.15, 0.2) is 75.0 Å². The van der Waals surface area contributed by atoms with E-state index in [1.165, 1.54) is 11.3 Å². The molecule has 0 saturated carbocycles. The molecule has 3 aromatic rings. The molecule has 2 amide bonds. The highest BCUT2D eigenvalue weighted by atomic mass is 16.5. The van der Waals surface area contributed by atoms with E-state index in [-0.39, 0.29) is 5.91 Å². The molecule has 1 atom stereocenters. The zero-order valence-electron chi connectivity index (χ0n) is 18.4. The molecule has 2 aromatic heterocycles. The van der Waals surface area contributed by atoms with Crippen molar-refractivity contribution in [2.75, 3.05) is 18.1 Å². The highest BCUT2D eigenvalue weighted by Gasteiger charge is 2.36. The summed E-state index contributed by atoms with van der Waals surface area (Å²) in [6.07, 6.45) is 5.88. The Labute approximate surface area is 195 Å². The molecule has 2 aliphatic heterocycles. The number of furan rings is 2. The average Bonchev–Trinajstić information content (AvgIpc) is 3.63. The van der Waals surface area contributed by atoms with Gasteiger partial charge in [0.15, 0.2) is 6.61 Å². The smallest absolute Gasteiger partial charge is 0.338 e. The van der Waals surface area contributed by atoms with Crippen LogP contribution in [0, 0.1) is 0 Å². The maximum atomic E-state index is 12.9. The van der Waals surface area contributed by atoms with Gasteiger partial charge < -0.3 is 18.5 Å². The number of benzene rings is 1. The first-order valence-corrected chi connectivity index (χ1v) is 11.1. The van der Waals surface area contributed by atoms with E-state index in [2.05, 4.69) is 5.10 Å². The Morgan fingerprint density at radius 2 is 1.82 bits per heavy atom. The third kappa shape index (κ3) is 4.36. The molecule has 1 fully saturated rings. The summed E-state index contributed by atoms with van der Waals surface area (Å²) in [5.74, 6) is 0.114. The van der Waals surface area contributed by atoms with Crippen LogP contribution in [0.25, 0.3) is 0 Å². The van der Waals surface area contributed by atoms with Crippen molar-refractivity contribution in [2.45, 2.75) is 31.7 Å². The van der Waals surface area contributed by atoms with Gasteiger partial charge in [0, 0.05) is 25.1 Å². The summed E-state index contributed by atoms with van der Waals surface area (Å²) in [7, 11) is 0. The molecule has 0 radical (unpaired) electrons. The minimum absolute atomic E-state index is 0.0818. The van der Waals surface area contributed by atoms with Gasteiger partial charge in [-0.1, -0.05) is 0 Å². The number of amides is 2. The van der Waals surface area contributed by atoms with Crippen LogP contribution in [0.4, 0.5) is 5.69 Å². The molecule has 174 valence electrons. The maximum Gasteiger partial charge on any atom is 0.338 e. The predicted molar refractivity (Wildman–Crippen MR) is 121 cm³/mol. The molecule has 1 aromatic carbocycles. The van der Waals surface area contributed by atoms with Gasteiger partial charge >= 0.3 is 5.97 Å². The topological polar surface area (TPSA) is 106 Å². The van der Waals surface area contributed by atoms with Crippen LogP contribution in [0.3, 0.4) is 0 Å². The minimum Gasteiger partial charge on any atom is -0.467 e. The molecule has 0 spiro atoms. The minimum atomic E-state index is -0.631. The van der Waals surface area contributed by atoms with Gasteiger partial charge in [-0.25, -0.2) is 9.80 Å². The zero-order valence-corrected chi connectivity index (χ0v) is 18.4. The lowest BCUT2D eigenvalue weighted by atomic mass is 10.1. The fraction of sp³-hybridized carbons (Fsp3) is 0.280. The van der Waals surface area contributed by atoms with E-state index in [4.69, 9.17) is 13.6 Å². The Kier molecular flexibility index (Phi) is 5.99. The molecule has 9 heteroatoms. The molecule has 34 heavy (non-hydrogen) atoms. The molecule has 5 rings (SSSR count). The SMILES string of the molecule is O=C(OCC(=O)N1N=C(c2ccco2)CC1c1ccco1)c1ccc(N2CCCCC2=O)cc1. The first-order valence-electron chi connectivity index (χ1n) is 11.1. The second-order valence-corrected chi connectivity index (χ2v) is 8.12. The first-order chi connectivity index (χ1) is 16.6. The summed E-state index contributed by atoms with van der Waals surface area (Å²) in [6, 6.07) is 13.2. The number of carbonyl (C=O) groups is 3. The third-order valence-electron chi connectivity index (χ3n) is 5.91. The molecule has 2 aliphatic rings. The second kappa shape index (κ2) is 9.38. The molecule has 0 aliphatic carbocycles. The van der Waals surface area contributed by atoms with Gasteiger partial charge in [-0.3, -0.25) is 9.59 Å². The third-order valence-corrected chi connectivity index (χ3v) is 5.91. The quantitative estimate of drug-likeness (QED) is 0.515. The number of esters is 1. The van der Waals surface area contributed by atoms with E-state index in [1.807, 2.05) is 0 Å². The number of ether oxygens (including phenoxy) is 1. The zero-order chi connectivity index (χ0) is 23.5. The van der Waals surface area contributed by atoms with Crippen LogP contribution in [0.2, 0.25) is 0 Å². The first kappa shape index (κ1) is 21.7. The largest absolute Gasteiger partial charge is 0.467 e. The predicted octanol–water partition coefficient (Wildman–Crippen LogP) is 3.92. The van der Waals surface area contributed by atoms with Gasteiger partial charge in [0.1, 0.15) is 23.3 Å². The van der Waals surface area contributed by atoms with Crippen molar-refractivity contribution in [1.82, 2.24) is 5.01 Å².